The number of fused-ring (bicyclic) bond motifs is 1. The third-order valence-corrected chi connectivity index (χ3v) is 6.52. The van der Waals surface area contributed by atoms with Crippen molar-refractivity contribution in [1.82, 2.24) is 14.5 Å². The van der Waals surface area contributed by atoms with Crippen LogP contribution in [-0.4, -0.2) is 38.3 Å². The molecular weight excluding hydrogens is 511 g/mol. The number of alkyl halides is 3. The Labute approximate surface area is 222 Å². The van der Waals surface area contributed by atoms with E-state index in [4.69, 9.17) is 4.74 Å². The van der Waals surface area contributed by atoms with Crippen molar-refractivity contribution in [3.63, 3.8) is 0 Å². The molecule has 2 N–H and O–H groups in total. The molecule has 1 fully saturated rings. The third-order valence-electron chi connectivity index (χ3n) is 6.52. The van der Waals surface area contributed by atoms with Crippen LogP contribution in [0.5, 0.6) is 5.75 Å². The maximum atomic E-state index is 12.7. The normalized spacial score (nSPS) is 15.1. The maximum Gasteiger partial charge on any atom is 0.414 e. The van der Waals surface area contributed by atoms with Gasteiger partial charge in [-0.25, -0.2) is 9.97 Å². The monoisotopic (exact) mass is 537 g/mol. The van der Waals surface area contributed by atoms with Crippen molar-refractivity contribution in [2.24, 2.45) is 5.92 Å². The first kappa shape index (κ1) is 26.5. The summed E-state index contributed by atoms with van der Waals surface area (Å²) in [6.07, 6.45) is -3.04. The molecule has 1 aliphatic carbocycles. The van der Waals surface area contributed by atoms with Crippen LogP contribution < -0.4 is 10.1 Å². The first-order valence-electron chi connectivity index (χ1n) is 12.4. The molecule has 4 aromatic rings. The summed E-state index contributed by atoms with van der Waals surface area (Å²) in [6.45, 7) is 1.77. The summed E-state index contributed by atoms with van der Waals surface area (Å²) in [4.78, 5) is 8.36. The smallest absolute Gasteiger partial charge is 0.414 e. The maximum absolute atomic E-state index is 12.7. The highest BCUT2D eigenvalue weighted by Crippen LogP contribution is 2.40. The molecule has 2 atom stereocenters. The van der Waals surface area contributed by atoms with Gasteiger partial charge in [-0.05, 0) is 61.6 Å². The highest BCUT2D eigenvalue weighted by molar-refractivity contribution is 5.95. The van der Waals surface area contributed by atoms with E-state index in [9.17, 15) is 23.5 Å². The predicted molar refractivity (Wildman–Crippen MR) is 137 cm³/mol. The summed E-state index contributed by atoms with van der Waals surface area (Å²) in [5, 5.41) is 23.3. The van der Waals surface area contributed by atoms with Crippen LogP contribution in [0.3, 0.4) is 0 Å². The molecule has 202 valence electrons. The quantitative estimate of drug-likeness (QED) is 0.253. The van der Waals surface area contributed by atoms with E-state index in [0.717, 1.165) is 48.5 Å². The van der Waals surface area contributed by atoms with Crippen LogP contribution >= 0.6 is 0 Å². The molecule has 0 radical (unpaired) electrons. The number of nitriles is 1. The van der Waals surface area contributed by atoms with Crippen molar-refractivity contribution in [2.75, 3.05) is 5.32 Å². The van der Waals surface area contributed by atoms with Gasteiger partial charge in [-0.2, -0.15) is 18.4 Å². The Bertz CT molecular complexity index is 1480. The van der Waals surface area contributed by atoms with Crippen molar-refractivity contribution >= 4 is 16.6 Å². The molecule has 0 spiro atoms. The highest BCUT2D eigenvalue weighted by Gasteiger charge is 2.38. The van der Waals surface area contributed by atoms with Crippen molar-refractivity contribution < 1.29 is 27.8 Å². The Kier molecular flexibility index (Phi) is 7.41. The zero-order valence-electron chi connectivity index (χ0n) is 21.0. The number of hydrogen-bond donors (Lipinski definition) is 2. The predicted octanol–water partition coefficient (Wildman–Crippen LogP) is 5.61. The van der Waals surface area contributed by atoms with Crippen LogP contribution in [0.4, 0.5) is 18.9 Å². The van der Waals surface area contributed by atoms with Crippen molar-refractivity contribution in [3.8, 4) is 23.1 Å². The van der Waals surface area contributed by atoms with E-state index in [1.54, 1.807) is 42.7 Å². The third kappa shape index (κ3) is 6.13. The molecule has 0 aliphatic heterocycles. The number of aliphatic hydroxyl groups excluding tert-OH is 1. The largest absolute Gasteiger partial charge is 0.486 e. The van der Waals surface area contributed by atoms with E-state index in [0.29, 0.717) is 28.7 Å². The number of benzene rings is 2. The summed E-state index contributed by atoms with van der Waals surface area (Å²) in [7, 11) is 0. The fraction of sp³-hybridized carbons (Fsp3) is 0.321. The number of nitrogens with one attached hydrogen (secondary N) is 1. The van der Waals surface area contributed by atoms with Crippen molar-refractivity contribution in [2.45, 2.75) is 51.6 Å². The Morgan fingerprint density at radius 2 is 1.87 bits per heavy atom. The number of aromatic nitrogens is 3. The Morgan fingerprint density at radius 3 is 2.51 bits per heavy atom. The summed E-state index contributed by atoms with van der Waals surface area (Å²) in [5.74, 6) is 1.70. The average molecular weight is 538 g/mol. The molecule has 2 aromatic carbocycles. The second-order valence-electron chi connectivity index (χ2n) is 9.42. The first-order valence-corrected chi connectivity index (χ1v) is 12.4. The van der Waals surface area contributed by atoms with Gasteiger partial charge in [-0.15, -0.1) is 0 Å². The zero-order chi connectivity index (χ0) is 27.6. The Morgan fingerprint density at radius 1 is 1.15 bits per heavy atom. The van der Waals surface area contributed by atoms with Crippen LogP contribution in [-0.2, 0) is 17.9 Å². The molecule has 1 saturated carbocycles. The van der Waals surface area contributed by atoms with Crippen LogP contribution in [0.25, 0.3) is 22.2 Å². The highest BCUT2D eigenvalue weighted by atomic mass is 19.4. The van der Waals surface area contributed by atoms with Crippen LogP contribution in [0.1, 0.15) is 31.2 Å². The SMILES string of the molecule is C[C@@H](OC(O)Nc1ccc(-c2c(C#N)c3ccc(OCc4ncccn4)cc3n2CC2CC2)cc1)C(F)(F)F. The minimum Gasteiger partial charge on any atom is -0.486 e. The molecule has 11 heteroatoms. The molecule has 0 amide bonds. The van der Waals surface area contributed by atoms with Crippen LogP contribution in [0.15, 0.2) is 60.9 Å². The lowest BCUT2D eigenvalue weighted by atomic mass is 10.1. The number of anilines is 1. The molecule has 1 unspecified atom stereocenters. The summed E-state index contributed by atoms with van der Waals surface area (Å²) < 4.78 is 50.8. The van der Waals surface area contributed by atoms with E-state index in [1.807, 2.05) is 18.2 Å². The molecule has 0 saturated heterocycles. The van der Waals surface area contributed by atoms with Gasteiger partial charge in [0.25, 0.3) is 0 Å². The summed E-state index contributed by atoms with van der Waals surface area (Å²) in [6, 6.07) is 16.4. The van der Waals surface area contributed by atoms with E-state index < -0.39 is 18.7 Å². The molecular formula is C28H26F3N5O3. The van der Waals surface area contributed by atoms with Gasteiger partial charge in [-0.3, -0.25) is 0 Å². The second-order valence-corrected chi connectivity index (χ2v) is 9.42. The minimum atomic E-state index is -4.59. The number of ether oxygens (including phenoxy) is 2. The Hall–Kier alpha value is -4.14. The van der Waals surface area contributed by atoms with Gasteiger partial charge in [0.15, 0.2) is 11.9 Å². The number of nitrogens with zero attached hydrogens (tertiary/aromatic N) is 4. The first-order chi connectivity index (χ1) is 18.7. The molecule has 8 nitrogen and oxygen atoms in total. The number of rotatable bonds is 10. The molecule has 0 bridgehead atoms. The summed E-state index contributed by atoms with van der Waals surface area (Å²) in [5.41, 5.74) is 3.26. The molecule has 39 heavy (non-hydrogen) atoms. The van der Waals surface area contributed by atoms with Gasteiger partial charge in [-0.1, -0.05) is 12.1 Å². The van der Waals surface area contributed by atoms with Crippen molar-refractivity contribution in [3.05, 3.63) is 72.3 Å². The van der Waals surface area contributed by atoms with E-state index in [2.05, 4.69) is 30.7 Å². The van der Waals surface area contributed by atoms with Gasteiger partial charge >= 0.3 is 6.18 Å². The number of halogens is 3. The zero-order valence-corrected chi connectivity index (χ0v) is 21.0. The lowest BCUT2D eigenvalue weighted by molar-refractivity contribution is -0.250. The van der Waals surface area contributed by atoms with E-state index >= 15 is 0 Å². The van der Waals surface area contributed by atoms with Gasteiger partial charge < -0.3 is 24.5 Å². The van der Waals surface area contributed by atoms with Crippen LogP contribution in [0, 0.1) is 17.2 Å². The molecule has 1 aliphatic rings. The van der Waals surface area contributed by atoms with Gasteiger partial charge in [0.05, 0.1) is 16.8 Å². The fourth-order valence-electron chi connectivity index (χ4n) is 4.30. The molecule has 2 aromatic heterocycles. The lowest BCUT2D eigenvalue weighted by Gasteiger charge is -2.21. The molecule has 2 heterocycles. The Balaban J connectivity index is 1.43. The number of aliphatic hydroxyl groups is 1. The molecule has 5 rings (SSSR count). The standard InChI is InChI=1S/C28H26F3N5O3/c1-17(28(29,30)31)39-27(37)35-20-7-5-19(6-8-20)26-23(14-32)22-10-9-21(38-16-25-33-11-2-12-34-25)13-24(22)36(26)15-18-3-4-18/h2,5-13,17-18,27,35,37H,3-4,15-16H2,1H3/t17-,27?/m1/s1. The van der Waals surface area contributed by atoms with Gasteiger partial charge in [0.2, 0.25) is 6.41 Å². The van der Waals surface area contributed by atoms with Gasteiger partial charge in [0, 0.05) is 36.1 Å². The van der Waals surface area contributed by atoms with Crippen LogP contribution in [0.2, 0.25) is 0 Å². The summed E-state index contributed by atoms with van der Waals surface area (Å²) >= 11 is 0. The second kappa shape index (κ2) is 10.9. The van der Waals surface area contributed by atoms with Gasteiger partial charge in [0.1, 0.15) is 18.4 Å². The minimum absolute atomic E-state index is 0.208. The average Bonchev–Trinajstić information content (AvgIpc) is 3.69. The fourth-order valence-corrected chi connectivity index (χ4v) is 4.30. The topological polar surface area (TPSA) is 105 Å². The lowest BCUT2D eigenvalue weighted by Crippen LogP contribution is -2.35. The number of hydrogen-bond acceptors (Lipinski definition) is 7. The van der Waals surface area contributed by atoms with Crippen molar-refractivity contribution in [1.29, 1.82) is 5.26 Å². The van der Waals surface area contributed by atoms with E-state index in [1.165, 1.54) is 0 Å². The van der Waals surface area contributed by atoms with E-state index in [-0.39, 0.29) is 6.61 Å².